The molecule has 0 heterocycles. The molecule has 86 valence electrons. The van der Waals surface area contributed by atoms with E-state index in [2.05, 4.69) is 5.32 Å². The third kappa shape index (κ3) is 7.26. The largest absolute Gasteiger partial charge is 0.380 e. The van der Waals surface area contributed by atoms with Crippen LogP contribution in [0.25, 0.3) is 0 Å². The van der Waals surface area contributed by atoms with E-state index in [0.717, 1.165) is 6.54 Å². The fraction of sp³-hybridized carbons (Fsp3) is 1.00. The molecule has 0 saturated carbocycles. The van der Waals surface area contributed by atoms with Gasteiger partial charge in [-0.05, 0) is 20.8 Å². The number of methoxy groups -OCH3 is 1. The zero-order chi connectivity index (χ0) is 10.8. The summed E-state index contributed by atoms with van der Waals surface area (Å²) in [5.41, 5.74) is 0. The zero-order valence-corrected chi connectivity index (χ0v) is 9.71. The summed E-state index contributed by atoms with van der Waals surface area (Å²) in [5.74, 6) is 0. The van der Waals surface area contributed by atoms with Crippen LogP contribution in [0.4, 0.5) is 0 Å². The van der Waals surface area contributed by atoms with Crippen molar-refractivity contribution < 1.29 is 14.2 Å². The van der Waals surface area contributed by atoms with Gasteiger partial charge in [0.15, 0.2) is 6.29 Å². The molecule has 0 aliphatic carbocycles. The topological polar surface area (TPSA) is 39.7 Å². The van der Waals surface area contributed by atoms with Crippen molar-refractivity contribution in [2.45, 2.75) is 33.2 Å². The molecular formula is C10H23NO3. The van der Waals surface area contributed by atoms with Gasteiger partial charge in [0.2, 0.25) is 0 Å². The third-order valence-electron chi connectivity index (χ3n) is 1.85. The number of nitrogens with one attached hydrogen (secondary N) is 1. The molecule has 0 aliphatic heterocycles. The van der Waals surface area contributed by atoms with Crippen molar-refractivity contribution in [1.82, 2.24) is 5.32 Å². The molecule has 0 amide bonds. The summed E-state index contributed by atoms with van der Waals surface area (Å²) in [6.07, 6.45) is 0.0768. The molecule has 1 atom stereocenters. The van der Waals surface area contributed by atoms with Crippen molar-refractivity contribution in [3.05, 3.63) is 0 Å². The average molecular weight is 205 g/mol. The highest BCUT2D eigenvalue weighted by Gasteiger charge is 2.07. The monoisotopic (exact) mass is 205 g/mol. The number of hydrogen-bond donors (Lipinski definition) is 1. The Labute approximate surface area is 86.9 Å². The summed E-state index contributed by atoms with van der Waals surface area (Å²) in [7, 11) is 1.70. The first kappa shape index (κ1) is 13.8. The standard InChI is InChI=1S/C10H23NO3/c1-5-13-10(14-6-2)8-11-7-9(3)12-4/h9-11H,5-8H2,1-4H3. The van der Waals surface area contributed by atoms with Crippen LogP contribution in [0.15, 0.2) is 0 Å². The molecule has 0 aromatic carbocycles. The minimum atomic E-state index is -0.144. The maximum absolute atomic E-state index is 5.37. The Bertz CT molecular complexity index is 116. The molecule has 0 saturated heterocycles. The van der Waals surface area contributed by atoms with Crippen LogP contribution in [0.2, 0.25) is 0 Å². The van der Waals surface area contributed by atoms with Crippen LogP contribution in [-0.2, 0) is 14.2 Å². The minimum absolute atomic E-state index is 0.144. The number of hydrogen-bond acceptors (Lipinski definition) is 4. The number of rotatable bonds is 9. The van der Waals surface area contributed by atoms with E-state index >= 15 is 0 Å². The molecule has 1 N–H and O–H groups in total. The Morgan fingerprint density at radius 2 is 1.64 bits per heavy atom. The predicted molar refractivity (Wildman–Crippen MR) is 56.4 cm³/mol. The van der Waals surface area contributed by atoms with Crippen LogP contribution in [0.5, 0.6) is 0 Å². The van der Waals surface area contributed by atoms with E-state index in [9.17, 15) is 0 Å². The van der Waals surface area contributed by atoms with Crippen molar-refractivity contribution in [1.29, 1.82) is 0 Å². The van der Waals surface area contributed by atoms with Gasteiger partial charge in [0.1, 0.15) is 0 Å². The fourth-order valence-corrected chi connectivity index (χ4v) is 1.03. The van der Waals surface area contributed by atoms with E-state index in [0.29, 0.717) is 19.8 Å². The maximum atomic E-state index is 5.37. The zero-order valence-electron chi connectivity index (χ0n) is 9.71. The summed E-state index contributed by atoms with van der Waals surface area (Å²) >= 11 is 0. The van der Waals surface area contributed by atoms with Gasteiger partial charge >= 0.3 is 0 Å². The highest BCUT2D eigenvalue weighted by molar-refractivity contribution is 4.56. The molecule has 0 aromatic rings. The van der Waals surface area contributed by atoms with Gasteiger partial charge in [0, 0.05) is 33.4 Å². The lowest BCUT2D eigenvalue weighted by atomic mass is 10.4. The molecule has 0 bridgehead atoms. The molecule has 0 spiro atoms. The van der Waals surface area contributed by atoms with Crippen LogP contribution in [-0.4, -0.2) is 45.8 Å². The van der Waals surface area contributed by atoms with E-state index in [4.69, 9.17) is 14.2 Å². The third-order valence-corrected chi connectivity index (χ3v) is 1.85. The van der Waals surface area contributed by atoms with E-state index in [1.54, 1.807) is 7.11 Å². The van der Waals surface area contributed by atoms with Gasteiger partial charge < -0.3 is 19.5 Å². The van der Waals surface area contributed by atoms with Gasteiger partial charge in [-0.25, -0.2) is 0 Å². The second-order valence-electron chi connectivity index (χ2n) is 3.04. The Morgan fingerprint density at radius 1 is 1.07 bits per heavy atom. The molecule has 0 rings (SSSR count). The van der Waals surface area contributed by atoms with Crippen LogP contribution >= 0.6 is 0 Å². The van der Waals surface area contributed by atoms with E-state index in [1.165, 1.54) is 0 Å². The predicted octanol–water partition coefficient (Wildman–Crippen LogP) is 1.01. The lowest BCUT2D eigenvalue weighted by Crippen LogP contribution is -2.35. The van der Waals surface area contributed by atoms with Crippen molar-refractivity contribution in [2.24, 2.45) is 0 Å². The van der Waals surface area contributed by atoms with Crippen molar-refractivity contribution >= 4 is 0 Å². The van der Waals surface area contributed by atoms with Gasteiger partial charge in [-0.3, -0.25) is 0 Å². The number of ether oxygens (including phenoxy) is 3. The lowest BCUT2D eigenvalue weighted by molar-refractivity contribution is -0.133. The molecule has 4 heteroatoms. The van der Waals surface area contributed by atoms with Crippen LogP contribution in [0.1, 0.15) is 20.8 Å². The first-order chi connectivity index (χ1) is 6.74. The first-order valence-electron chi connectivity index (χ1n) is 5.21. The molecule has 4 nitrogen and oxygen atoms in total. The van der Waals surface area contributed by atoms with Crippen LogP contribution in [0.3, 0.4) is 0 Å². The summed E-state index contributed by atoms with van der Waals surface area (Å²) in [4.78, 5) is 0. The van der Waals surface area contributed by atoms with Crippen molar-refractivity contribution in [2.75, 3.05) is 33.4 Å². The Kier molecular flexibility index (Phi) is 9.29. The van der Waals surface area contributed by atoms with E-state index in [-0.39, 0.29) is 12.4 Å². The maximum Gasteiger partial charge on any atom is 0.169 e. The molecule has 14 heavy (non-hydrogen) atoms. The lowest BCUT2D eigenvalue weighted by Gasteiger charge is -2.18. The Hall–Kier alpha value is -0.160. The molecule has 0 fully saturated rings. The molecule has 0 aliphatic rings. The molecule has 0 radical (unpaired) electrons. The van der Waals surface area contributed by atoms with Crippen molar-refractivity contribution in [3.63, 3.8) is 0 Å². The van der Waals surface area contributed by atoms with E-state index < -0.39 is 0 Å². The second-order valence-corrected chi connectivity index (χ2v) is 3.04. The molecule has 0 aromatic heterocycles. The SMILES string of the molecule is CCOC(CNCC(C)OC)OCC. The fourth-order valence-electron chi connectivity index (χ4n) is 1.03. The summed E-state index contributed by atoms with van der Waals surface area (Å²) in [6.45, 7) is 8.80. The van der Waals surface area contributed by atoms with Gasteiger partial charge in [-0.1, -0.05) is 0 Å². The highest BCUT2D eigenvalue weighted by atomic mass is 16.7. The second kappa shape index (κ2) is 9.40. The summed E-state index contributed by atoms with van der Waals surface area (Å²) < 4.78 is 15.9. The van der Waals surface area contributed by atoms with Crippen molar-refractivity contribution in [3.8, 4) is 0 Å². The summed E-state index contributed by atoms with van der Waals surface area (Å²) in [6, 6.07) is 0. The quantitative estimate of drug-likeness (QED) is 0.570. The van der Waals surface area contributed by atoms with Crippen LogP contribution in [0, 0.1) is 0 Å². The van der Waals surface area contributed by atoms with Gasteiger partial charge in [0.25, 0.3) is 0 Å². The molecular weight excluding hydrogens is 182 g/mol. The Balaban J connectivity index is 3.49. The normalized spacial score (nSPS) is 13.5. The summed E-state index contributed by atoms with van der Waals surface area (Å²) in [5, 5.41) is 3.23. The van der Waals surface area contributed by atoms with Crippen LogP contribution < -0.4 is 5.32 Å². The Morgan fingerprint density at radius 3 is 2.07 bits per heavy atom. The highest BCUT2D eigenvalue weighted by Crippen LogP contribution is 1.93. The van der Waals surface area contributed by atoms with Gasteiger partial charge in [-0.2, -0.15) is 0 Å². The minimum Gasteiger partial charge on any atom is -0.380 e. The van der Waals surface area contributed by atoms with E-state index in [1.807, 2.05) is 20.8 Å². The molecule has 1 unspecified atom stereocenters. The van der Waals surface area contributed by atoms with Gasteiger partial charge in [0.05, 0.1) is 6.10 Å². The van der Waals surface area contributed by atoms with Gasteiger partial charge in [-0.15, -0.1) is 0 Å². The smallest absolute Gasteiger partial charge is 0.169 e. The first-order valence-corrected chi connectivity index (χ1v) is 5.21. The average Bonchev–Trinajstić information content (AvgIpc) is 2.18.